The Hall–Kier alpha value is -3.73. The molecule has 0 saturated heterocycles. The number of carbonyl (C=O) groups excluding carboxylic acids is 2. The number of rotatable bonds is 3. The molecule has 1 aliphatic heterocycles. The van der Waals surface area contributed by atoms with Gasteiger partial charge >= 0.3 is 0 Å². The summed E-state index contributed by atoms with van der Waals surface area (Å²) >= 11 is 0. The Kier molecular flexibility index (Phi) is 4.47. The van der Waals surface area contributed by atoms with Crippen LogP contribution in [0.1, 0.15) is 45.1 Å². The van der Waals surface area contributed by atoms with Crippen molar-refractivity contribution in [3.63, 3.8) is 0 Å². The zero-order valence-corrected chi connectivity index (χ0v) is 17.8. The van der Waals surface area contributed by atoms with Crippen LogP contribution >= 0.6 is 0 Å². The maximum absolute atomic E-state index is 13.7. The lowest BCUT2D eigenvalue weighted by Gasteiger charge is -2.23. The van der Waals surface area contributed by atoms with Crippen LogP contribution in [0.4, 0.5) is 5.82 Å². The lowest BCUT2D eigenvalue weighted by molar-refractivity contribution is -0.116. The van der Waals surface area contributed by atoms with Crippen molar-refractivity contribution in [3.05, 3.63) is 88.6 Å². The molecule has 2 heterocycles. The van der Waals surface area contributed by atoms with Crippen molar-refractivity contribution in [3.8, 4) is 5.69 Å². The van der Waals surface area contributed by atoms with Crippen LogP contribution < -0.4 is 5.32 Å². The van der Waals surface area contributed by atoms with Crippen molar-refractivity contribution in [1.29, 1.82) is 0 Å². The SMILES string of the molecule is Cc1ccc(-n2nc(C)c3c2NC(=O)C[C@H]3C(=O)c2cccc3ccccc23)cc1C. The Bertz CT molecular complexity index is 1360. The first-order valence-corrected chi connectivity index (χ1v) is 10.4. The van der Waals surface area contributed by atoms with Gasteiger partial charge in [0.1, 0.15) is 5.82 Å². The minimum absolute atomic E-state index is 0.0457. The fourth-order valence-electron chi connectivity index (χ4n) is 4.44. The number of Topliss-reactive ketones (excluding diaryl/α,β-unsaturated/α-hetero) is 1. The largest absolute Gasteiger partial charge is 0.310 e. The number of amides is 1. The predicted molar refractivity (Wildman–Crippen MR) is 122 cm³/mol. The molecule has 1 N–H and O–H groups in total. The van der Waals surface area contributed by atoms with E-state index in [1.165, 1.54) is 5.56 Å². The second-order valence-corrected chi connectivity index (χ2v) is 8.22. The molecule has 0 radical (unpaired) electrons. The summed E-state index contributed by atoms with van der Waals surface area (Å²) in [5, 5.41) is 9.59. The van der Waals surface area contributed by atoms with Gasteiger partial charge < -0.3 is 5.32 Å². The predicted octanol–water partition coefficient (Wildman–Crippen LogP) is 5.26. The van der Waals surface area contributed by atoms with E-state index in [9.17, 15) is 9.59 Å². The van der Waals surface area contributed by atoms with Gasteiger partial charge in [-0.25, -0.2) is 4.68 Å². The highest BCUT2D eigenvalue weighted by Crippen LogP contribution is 2.39. The summed E-state index contributed by atoms with van der Waals surface area (Å²) in [4.78, 5) is 26.3. The Morgan fingerprint density at radius 1 is 1.00 bits per heavy atom. The second kappa shape index (κ2) is 7.20. The lowest BCUT2D eigenvalue weighted by atomic mass is 9.84. The summed E-state index contributed by atoms with van der Waals surface area (Å²) in [5.74, 6) is -0.183. The van der Waals surface area contributed by atoms with Gasteiger partial charge in [0, 0.05) is 17.5 Å². The number of benzene rings is 3. The summed E-state index contributed by atoms with van der Waals surface area (Å²) in [6, 6.07) is 19.6. The molecule has 3 aromatic carbocycles. The number of hydrogen-bond donors (Lipinski definition) is 1. The number of ketones is 1. The zero-order valence-electron chi connectivity index (χ0n) is 17.8. The number of fused-ring (bicyclic) bond motifs is 2. The Balaban J connectivity index is 1.65. The number of nitrogens with one attached hydrogen (secondary N) is 1. The van der Waals surface area contributed by atoms with Crippen molar-refractivity contribution < 1.29 is 9.59 Å². The second-order valence-electron chi connectivity index (χ2n) is 8.22. The third-order valence-electron chi connectivity index (χ3n) is 6.21. The van der Waals surface area contributed by atoms with E-state index in [0.29, 0.717) is 11.4 Å². The van der Waals surface area contributed by atoms with E-state index in [4.69, 9.17) is 5.10 Å². The van der Waals surface area contributed by atoms with Crippen molar-refractivity contribution in [2.75, 3.05) is 5.32 Å². The maximum Gasteiger partial charge on any atom is 0.226 e. The van der Waals surface area contributed by atoms with E-state index in [-0.39, 0.29) is 18.1 Å². The molecule has 0 saturated carbocycles. The van der Waals surface area contributed by atoms with Crippen LogP contribution in [0, 0.1) is 20.8 Å². The normalized spacial score (nSPS) is 15.6. The van der Waals surface area contributed by atoms with Gasteiger partial charge in [0.25, 0.3) is 0 Å². The first kappa shape index (κ1) is 19.2. The summed E-state index contributed by atoms with van der Waals surface area (Å²) in [6.45, 7) is 6.01. The molecule has 0 aliphatic carbocycles. The molecule has 0 bridgehead atoms. The molecule has 1 atom stereocenters. The average Bonchev–Trinajstić information content (AvgIpc) is 3.10. The van der Waals surface area contributed by atoms with Crippen molar-refractivity contribution in [2.24, 2.45) is 0 Å². The van der Waals surface area contributed by atoms with Gasteiger partial charge in [-0.15, -0.1) is 0 Å². The quantitative estimate of drug-likeness (QED) is 0.470. The molecule has 154 valence electrons. The van der Waals surface area contributed by atoms with Gasteiger partial charge in [-0.1, -0.05) is 48.5 Å². The highest BCUT2D eigenvalue weighted by molar-refractivity contribution is 6.14. The molecule has 1 aromatic heterocycles. The lowest BCUT2D eigenvalue weighted by Crippen LogP contribution is -2.28. The number of aryl methyl sites for hydroxylation is 3. The minimum Gasteiger partial charge on any atom is -0.310 e. The number of carbonyl (C=O) groups is 2. The molecule has 1 amide bonds. The summed E-state index contributed by atoms with van der Waals surface area (Å²) in [7, 11) is 0. The van der Waals surface area contributed by atoms with Gasteiger partial charge in [-0.3, -0.25) is 9.59 Å². The molecule has 31 heavy (non-hydrogen) atoms. The monoisotopic (exact) mass is 409 g/mol. The number of hydrogen-bond acceptors (Lipinski definition) is 3. The highest BCUT2D eigenvalue weighted by atomic mass is 16.2. The van der Waals surface area contributed by atoms with E-state index in [0.717, 1.165) is 33.3 Å². The van der Waals surface area contributed by atoms with Crippen LogP contribution in [0.25, 0.3) is 16.5 Å². The van der Waals surface area contributed by atoms with Crippen LogP contribution in [0.15, 0.2) is 60.7 Å². The van der Waals surface area contributed by atoms with Gasteiger partial charge in [0.05, 0.1) is 17.3 Å². The summed E-state index contributed by atoms with van der Waals surface area (Å²) in [5.41, 5.74) is 5.40. The van der Waals surface area contributed by atoms with Crippen LogP contribution in [-0.2, 0) is 4.79 Å². The van der Waals surface area contributed by atoms with Crippen molar-refractivity contribution >= 4 is 28.3 Å². The summed E-state index contributed by atoms with van der Waals surface area (Å²) < 4.78 is 1.75. The highest BCUT2D eigenvalue weighted by Gasteiger charge is 2.36. The Labute approximate surface area is 180 Å². The van der Waals surface area contributed by atoms with Crippen LogP contribution in [0.2, 0.25) is 0 Å². The Morgan fingerprint density at radius 3 is 2.58 bits per heavy atom. The minimum atomic E-state index is -0.560. The van der Waals surface area contributed by atoms with Crippen LogP contribution in [0.5, 0.6) is 0 Å². The van der Waals surface area contributed by atoms with Crippen LogP contribution in [0.3, 0.4) is 0 Å². The van der Waals surface area contributed by atoms with Crippen molar-refractivity contribution in [1.82, 2.24) is 9.78 Å². The third kappa shape index (κ3) is 3.13. The molecule has 4 aromatic rings. The molecule has 5 nitrogen and oxygen atoms in total. The topological polar surface area (TPSA) is 64.0 Å². The molecule has 0 unspecified atom stereocenters. The molecular formula is C26H23N3O2. The van der Waals surface area contributed by atoms with E-state index in [2.05, 4.69) is 12.2 Å². The van der Waals surface area contributed by atoms with Gasteiger partial charge in [0.2, 0.25) is 5.91 Å². The molecule has 5 heteroatoms. The molecule has 5 rings (SSSR count). The van der Waals surface area contributed by atoms with Gasteiger partial charge in [-0.2, -0.15) is 5.10 Å². The van der Waals surface area contributed by atoms with E-state index < -0.39 is 5.92 Å². The van der Waals surface area contributed by atoms with Gasteiger partial charge in [0.15, 0.2) is 5.78 Å². The fraction of sp³-hybridized carbons (Fsp3) is 0.192. The molecule has 0 fully saturated rings. The average molecular weight is 409 g/mol. The summed E-state index contributed by atoms with van der Waals surface area (Å²) in [6.07, 6.45) is 0.120. The van der Waals surface area contributed by atoms with E-state index >= 15 is 0 Å². The molecular weight excluding hydrogens is 386 g/mol. The third-order valence-corrected chi connectivity index (χ3v) is 6.21. The van der Waals surface area contributed by atoms with Crippen LogP contribution in [-0.4, -0.2) is 21.5 Å². The number of nitrogens with zero attached hydrogens (tertiary/aromatic N) is 2. The smallest absolute Gasteiger partial charge is 0.226 e. The van der Waals surface area contributed by atoms with E-state index in [1.807, 2.05) is 74.5 Å². The number of anilines is 1. The fourth-order valence-corrected chi connectivity index (χ4v) is 4.44. The molecule has 1 aliphatic rings. The Morgan fingerprint density at radius 2 is 1.77 bits per heavy atom. The maximum atomic E-state index is 13.7. The molecule has 0 spiro atoms. The van der Waals surface area contributed by atoms with E-state index in [1.54, 1.807) is 4.68 Å². The standard InChI is InChI=1S/C26H23N3O2/c1-15-11-12-19(13-16(15)2)29-26-24(17(3)28-29)22(14-23(30)27-26)25(31)21-10-6-8-18-7-4-5-9-20(18)21/h4-13,22H,14H2,1-3H3,(H,27,30)/t22-/m1/s1. The first-order valence-electron chi connectivity index (χ1n) is 10.4. The first-order chi connectivity index (χ1) is 14.9. The zero-order chi connectivity index (χ0) is 21.7. The van der Waals surface area contributed by atoms with Crippen molar-refractivity contribution in [2.45, 2.75) is 33.1 Å². The number of aromatic nitrogens is 2. The van der Waals surface area contributed by atoms with Gasteiger partial charge in [-0.05, 0) is 54.8 Å².